The van der Waals surface area contributed by atoms with E-state index in [1.54, 1.807) is 7.11 Å². The summed E-state index contributed by atoms with van der Waals surface area (Å²) in [6.45, 7) is 3.36. The number of ether oxygens (including phenoxy) is 2. The van der Waals surface area contributed by atoms with Crippen LogP contribution in [0, 0.1) is 6.92 Å². The highest BCUT2D eigenvalue weighted by Gasteiger charge is 2.12. The SMILES string of the molecule is COc1ccc(OCCn2c(C)c(/C=N/NC(=S)Nc3ccccc3)c3ccccc32)cc1. The van der Waals surface area contributed by atoms with Gasteiger partial charge in [-0.2, -0.15) is 5.10 Å². The lowest BCUT2D eigenvalue weighted by Gasteiger charge is -2.11. The molecule has 0 aliphatic carbocycles. The van der Waals surface area contributed by atoms with Crippen LogP contribution in [0.1, 0.15) is 11.3 Å². The number of nitrogens with zero attached hydrogens (tertiary/aromatic N) is 2. The van der Waals surface area contributed by atoms with Crippen molar-refractivity contribution in [2.45, 2.75) is 13.5 Å². The van der Waals surface area contributed by atoms with E-state index in [2.05, 4.69) is 39.5 Å². The van der Waals surface area contributed by atoms with Crippen molar-refractivity contribution in [3.63, 3.8) is 0 Å². The number of anilines is 1. The average molecular weight is 459 g/mol. The molecular weight excluding hydrogens is 432 g/mol. The molecule has 0 saturated heterocycles. The molecular formula is C26H26N4O2S. The number of nitrogens with one attached hydrogen (secondary N) is 2. The molecule has 0 aliphatic heterocycles. The normalized spacial score (nSPS) is 11.0. The number of benzene rings is 3. The Bertz CT molecular complexity index is 1250. The second kappa shape index (κ2) is 10.7. The van der Waals surface area contributed by atoms with Gasteiger partial charge in [-0.1, -0.05) is 36.4 Å². The Morgan fingerprint density at radius 1 is 0.970 bits per heavy atom. The Hall–Kier alpha value is -3.84. The molecule has 0 unspecified atom stereocenters. The maximum absolute atomic E-state index is 5.94. The lowest BCUT2D eigenvalue weighted by molar-refractivity contribution is 0.299. The molecule has 0 radical (unpaired) electrons. The number of hydrogen-bond donors (Lipinski definition) is 2. The second-order valence-electron chi connectivity index (χ2n) is 7.38. The molecule has 0 saturated carbocycles. The van der Waals surface area contributed by atoms with Crippen molar-refractivity contribution in [1.82, 2.24) is 9.99 Å². The highest BCUT2D eigenvalue weighted by atomic mass is 32.1. The highest BCUT2D eigenvalue weighted by Crippen LogP contribution is 2.25. The first-order valence-electron chi connectivity index (χ1n) is 10.7. The van der Waals surface area contributed by atoms with E-state index in [1.807, 2.05) is 72.9 Å². The van der Waals surface area contributed by atoms with Crippen molar-refractivity contribution in [3.05, 3.63) is 90.1 Å². The molecule has 0 atom stereocenters. The van der Waals surface area contributed by atoms with E-state index in [0.29, 0.717) is 18.3 Å². The maximum Gasteiger partial charge on any atom is 0.191 e. The fourth-order valence-corrected chi connectivity index (χ4v) is 3.84. The number of rotatable bonds is 8. The van der Waals surface area contributed by atoms with E-state index in [1.165, 1.54) is 0 Å². The van der Waals surface area contributed by atoms with Crippen molar-refractivity contribution in [2.24, 2.45) is 5.10 Å². The first kappa shape index (κ1) is 22.4. The highest BCUT2D eigenvalue weighted by molar-refractivity contribution is 7.80. The first-order valence-corrected chi connectivity index (χ1v) is 11.1. The summed E-state index contributed by atoms with van der Waals surface area (Å²) in [6, 6.07) is 25.7. The van der Waals surface area contributed by atoms with Crippen LogP contribution < -0.4 is 20.2 Å². The number of para-hydroxylation sites is 2. The van der Waals surface area contributed by atoms with Gasteiger partial charge in [-0.25, -0.2) is 0 Å². The lowest BCUT2D eigenvalue weighted by Crippen LogP contribution is -2.23. The van der Waals surface area contributed by atoms with Crippen LogP contribution in [-0.4, -0.2) is 29.6 Å². The molecule has 0 spiro atoms. The van der Waals surface area contributed by atoms with Crippen LogP contribution in [0.5, 0.6) is 11.5 Å². The van der Waals surface area contributed by atoms with Gasteiger partial charge in [-0.3, -0.25) is 5.43 Å². The third-order valence-electron chi connectivity index (χ3n) is 5.31. The molecule has 2 N–H and O–H groups in total. The number of thiocarbonyl (C=S) groups is 1. The Labute approximate surface area is 198 Å². The van der Waals surface area contributed by atoms with Crippen LogP contribution in [0.25, 0.3) is 10.9 Å². The van der Waals surface area contributed by atoms with E-state index in [0.717, 1.165) is 39.3 Å². The van der Waals surface area contributed by atoms with Gasteiger partial charge in [0.1, 0.15) is 18.1 Å². The fraction of sp³-hybridized carbons (Fsp3) is 0.154. The standard InChI is InChI=1S/C26H26N4O2S/c1-19-24(18-27-29-26(33)28-20-8-4-3-5-9-20)23-10-6-7-11-25(23)30(19)16-17-32-22-14-12-21(31-2)13-15-22/h3-15,18H,16-17H2,1-2H3,(H2,28,29,33)/b27-18+. The molecule has 33 heavy (non-hydrogen) atoms. The summed E-state index contributed by atoms with van der Waals surface area (Å²) in [5.41, 5.74) is 7.11. The monoisotopic (exact) mass is 458 g/mol. The van der Waals surface area contributed by atoms with Crippen molar-refractivity contribution in [2.75, 3.05) is 19.0 Å². The van der Waals surface area contributed by atoms with Gasteiger partial charge in [-0.05, 0) is 61.6 Å². The Morgan fingerprint density at radius 2 is 1.67 bits per heavy atom. The Kier molecular flexibility index (Phi) is 7.22. The zero-order valence-corrected chi connectivity index (χ0v) is 19.4. The summed E-state index contributed by atoms with van der Waals surface area (Å²) in [6.07, 6.45) is 1.82. The van der Waals surface area contributed by atoms with E-state index >= 15 is 0 Å². The maximum atomic E-state index is 5.94. The van der Waals surface area contributed by atoms with Gasteiger partial charge >= 0.3 is 0 Å². The Morgan fingerprint density at radius 3 is 2.42 bits per heavy atom. The van der Waals surface area contributed by atoms with Gasteiger partial charge in [0.05, 0.1) is 19.9 Å². The molecule has 6 nitrogen and oxygen atoms in total. The summed E-state index contributed by atoms with van der Waals surface area (Å²) >= 11 is 5.34. The van der Waals surface area contributed by atoms with Crippen molar-refractivity contribution >= 4 is 40.1 Å². The lowest BCUT2D eigenvalue weighted by atomic mass is 10.1. The van der Waals surface area contributed by atoms with E-state index in [4.69, 9.17) is 21.7 Å². The van der Waals surface area contributed by atoms with Gasteiger partial charge in [0.2, 0.25) is 0 Å². The second-order valence-corrected chi connectivity index (χ2v) is 7.79. The summed E-state index contributed by atoms with van der Waals surface area (Å²) in [7, 11) is 1.65. The van der Waals surface area contributed by atoms with E-state index in [-0.39, 0.29) is 0 Å². The number of hydrazone groups is 1. The minimum Gasteiger partial charge on any atom is -0.497 e. The summed E-state index contributed by atoms with van der Waals surface area (Å²) < 4.78 is 13.4. The molecule has 4 aromatic rings. The zero-order chi connectivity index (χ0) is 23.0. The smallest absolute Gasteiger partial charge is 0.191 e. The average Bonchev–Trinajstić information content (AvgIpc) is 3.11. The summed E-state index contributed by atoms with van der Waals surface area (Å²) in [5.74, 6) is 1.63. The van der Waals surface area contributed by atoms with Gasteiger partial charge in [0.25, 0.3) is 0 Å². The number of fused-ring (bicyclic) bond motifs is 1. The molecule has 0 fully saturated rings. The van der Waals surface area contributed by atoms with Gasteiger partial charge in [0, 0.05) is 27.8 Å². The molecule has 4 rings (SSSR count). The molecule has 0 aliphatic rings. The molecule has 1 aromatic heterocycles. The molecule has 7 heteroatoms. The van der Waals surface area contributed by atoms with Crippen LogP contribution in [0.3, 0.4) is 0 Å². The minimum absolute atomic E-state index is 0.437. The molecule has 1 heterocycles. The zero-order valence-electron chi connectivity index (χ0n) is 18.6. The third-order valence-corrected chi connectivity index (χ3v) is 5.51. The van der Waals surface area contributed by atoms with Crippen molar-refractivity contribution in [1.29, 1.82) is 0 Å². The summed E-state index contributed by atoms with van der Waals surface area (Å²) in [4.78, 5) is 0. The minimum atomic E-state index is 0.437. The summed E-state index contributed by atoms with van der Waals surface area (Å²) in [5, 5.41) is 9.05. The molecule has 168 valence electrons. The van der Waals surface area contributed by atoms with Crippen LogP contribution in [0.2, 0.25) is 0 Å². The first-order chi connectivity index (χ1) is 16.2. The van der Waals surface area contributed by atoms with Crippen molar-refractivity contribution < 1.29 is 9.47 Å². The molecule has 0 amide bonds. The number of hydrogen-bond acceptors (Lipinski definition) is 4. The van der Waals surface area contributed by atoms with Crippen LogP contribution in [0.4, 0.5) is 5.69 Å². The third kappa shape index (κ3) is 5.51. The van der Waals surface area contributed by atoms with Crippen LogP contribution >= 0.6 is 12.2 Å². The van der Waals surface area contributed by atoms with Gasteiger partial charge in [-0.15, -0.1) is 0 Å². The van der Waals surface area contributed by atoms with Crippen LogP contribution in [0.15, 0.2) is 84.0 Å². The predicted octanol–water partition coefficient (Wildman–Crippen LogP) is 5.36. The fourth-order valence-electron chi connectivity index (χ4n) is 3.67. The largest absolute Gasteiger partial charge is 0.497 e. The van der Waals surface area contributed by atoms with E-state index in [9.17, 15) is 0 Å². The number of aromatic nitrogens is 1. The van der Waals surface area contributed by atoms with Crippen LogP contribution in [-0.2, 0) is 6.54 Å². The number of methoxy groups -OCH3 is 1. The molecule has 0 bridgehead atoms. The Balaban J connectivity index is 1.44. The molecule has 3 aromatic carbocycles. The van der Waals surface area contributed by atoms with Crippen molar-refractivity contribution in [3.8, 4) is 11.5 Å². The quantitative estimate of drug-likeness (QED) is 0.212. The van der Waals surface area contributed by atoms with Gasteiger partial charge < -0.3 is 19.4 Å². The topological polar surface area (TPSA) is 59.8 Å². The predicted molar refractivity (Wildman–Crippen MR) is 139 cm³/mol. The van der Waals surface area contributed by atoms with Gasteiger partial charge in [0.15, 0.2) is 5.11 Å². The van der Waals surface area contributed by atoms with E-state index < -0.39 is 0 Å².